The maximum Gasteiger partial charge on any atom is 0.244 e. The Morgan fingerprint density at radius 2 is 1.84 bits per heavy atom. The van der Waals surface area contributed by atoms with Gasteiger partial charge in [-0.2, -0.15) is 0 Å². The molecule has 0 aromatic heterocycles. The Kier molecular flexibility index (Phi) is 7.87. The van der Waals surface area contributed by atoms with E-state index in [9.17, 15) is 19.5 Å². The highest BCUT2D eigenvalue weighted by Gasteiger charge is 2.77. The zero-order chi connectivity index (χ0) is 27.1. The number of anilines is 1. The number of benzene rings is 1. The van der Waals surface area contributed by atoms with Gasteiger partial charge in [0.1, 0.15) is 11.8 Å². The van der Waals surface area contributed by atoms with Crippen LogP contribution in [-0.2, 0) is 14.4 Å². The quantitative estimate of drug-likeness (QED) is 0.427. The number of nitrogens with one attached hydrogen (secondary N) is 2. The largest absolute Gasteiger partial charge is 0.494 e. The van der Waals surface area contributed by atoms with Crippen LogP contribution in [0.4, 0.5) is 5.69 Å². The summed E-state index contributed by atoms with van der Waals surface area (Å²) in [4.78, 5) is 43.3. The van der Waals surface area contributed by atoms with Crippen LogP contribution in [0.5, 0.6) is 5.75 Å². The molecule has 3 aliphatic rings. The summed E-state index contributed by atoms with van der Waals surface area (Å²) in [5.74, 6) is -0.831. The number of ether oxygens (including phenoxy) is 1. The number of aliphatic hydroxyl groups excluding tert-OH is 1. The molecule has 3 heterocycles. The van der Waals surface area contributed by atoms with Crippen molar-refractivity contribution in [2.24, 2.45) is 17.8 Å². The van der Waals surface area contributed by atoms with Gasteiger partial charge < -0.3 is 25.4 Å². The second-order valence-electron chi connectivity index (χ2n) is 11.5. The van der Waals surface area contributed by atoms with Crippen molar-refractivity contribution in [3.05, 3.63) is 24.3 Å². The standard InChI is InChI=1S/C28H41N3O5S/c1-7-36-20-10-8-18(9-11-20)30-24(33)21-22-26(35)31(19(15-32)14-16(2)3)23(25(34)29-17(4)5)28(22)13-12-27(21,6)37-28/h8-11,16-17,19,21-23,32H,7,12-15H2,1-6H3,(H,29,34)(H,30,33)/t19-,21-,22+,23?,27+,28?/m1/s1. The van der Waals surface area contributed by atoms with Crippen LogP contribution in [0.25, 0.3) is 0 Å². The lowest BCUT2D eigenvalue weighted by Gasteiger charge is -2.38. The molecule has 2 unspecified atom stereocenters. The van der Waals surface area contributed by atoms with Gasteiger partial charge >= 0.3 is 0 Å². The van der Waals surface area contributed by atoms with Gasteiger partial charge in [-0.15, -0.1) is 11.8 Å². The van der Waals surface area contributed by atoms with Crippen LogP contribution in [0.1, 0.15) is 60.8 Å². The molecule has 6 atom stereocenters. The summed E-state index contributed by atoms with van der Waals surface area (Å²) < 4.78 is 4.35. The third-order valence-electron chi connectivity index (χ3n) is 7.96. The monoisotopic (exact) mass is 531 g/mol. The number of carbonyl (C=O) groups is 3. The Bertz CT molecular complexity index is 1030. The number of thioether (sulfide) groups is 1. The fraction of sp³-hybridized carbons (Fsp3) is 0.679. The zero-order valence-corrected chi connectivity index (χ0v) is 23.6. The van der Waals surface area contributed by atoms with Crippen molar-refractivity contribution < 1.29 is 24.2 Å². The van der Waals surface area contributed by atoms with Crippen LogP contribution in [0.3, 0.4) is 0 Å². The first-order valence-electron chi connectivity index (χ1n) is 13.4. The number of hydrogen-bond donors (Lipinski definition) is 3. The normalized spacial score (nSPS) is 31.1. The smallest absolute Gasteiger partial charge is 0.244 e. The molecule has 3 saturated heterocycles. The van der Waals surface area contributed by atoms with Gasteiger partial charge in [-0.3, -0.25) is 14.4 Å². The minimum Gasteiger partial charge on any atom is -0.494 e. The molecule has 204 valence electrons. The summed E-state index contributed by atoms with van der Waals surface area (Å²) in [6.07, 6.45) is 2.02. The molecule has 0 saturated carbocycles. The third kappa shape index (κ3) is 4.85. The average Bonchev–Trinajstić information content (AvgIpc) is 3.39. The molecule has 1 aromatic rings. The van der Waals surface area contributed by atoms with Crippen LogP contribution < -0.4 is 15.4 Å². The number of hydrogen-bond acceptors (Lipinski definition) is 6. The number of nitrogens with zero attached hydrogens (tertiary/aromatic N) is 1. The molecular formula is C28H41N3O5S. The van der Waals surface area contributed by atoms with Crippen molar-refractivity contribution in [2.45, 2.75) is 88.4 Å². The van der Waals surface area contributed by atoms with Gasteiger partial charge in [0, 0.05) is 16.5 Å². The fourth-order valence-corrected chi connectivity index (χ4v) is 9.00. The summed E-state index contributed by atoms with van der Waals surface area (Å²) in [7, 11) is 0. The molecule has 8 nitrogen and oxygen atoms in total. The fourth-order valence-electron chi connectivity index (χ4n) is 6.66. The SMILES string of the molecule is CCOc1ccc(NC(=O)[C@H]2[C@H]3C(=O)N([C@@H](CO)CC(C)C)C(C(=O)NC(C)C)C34CC[C@]2(C)S4)cc1. The Morgan fingerprint density at radius 1 is 1.16 bits per heavy atom. The first kappa shape index (κ1) is 27.8. The first-order chi connectivity index (χ1) is 17.5. The van der Waals surface area contributed by atoms with E-state index in [0.717, 1.165) is 12.2 Å². The lowest BCUT2D eigenvalue weighted by atomic mass is 9.66. The first-order valence-corrected chi connectivity index (χ1v) is 14.3. The lowest BCUT2D eigenvalue weighted by molar-refractivity contribution is -0.143. The van der Waals surface area contributed by atoms with Crippen LogP contribution >= 0.6 is 11.8 Å². The molecule has 0 aliphatic carbocycles. The highest BCUT2D eigenvalue weighted by Crippen LogP contribution is 2.71. The van der Waals surface area contributed by atoms with E-state index in [-0.39, 0.29) is 36.3 Å². The number of likely N-dealkylation sites (tertiary alicyclic amines) is 1. The summed E-state index contributed by atoms with van der Waals surface area (Å²) >= 11 is 1.64. The van der Waals surface area contributed by atoms with E-state index in [0.29, 0.717) is 25.1 Å². The molecule has 37 heavy (non-hydrogen) atoms. The third-order valence-corrected chi connectivity index (χ3v) is 9.94. The average molecular weight is 532 g/mol. The van der Waals surface area contributed by atoms with Gasteiger partial charge in [-0.25, -0.2) is 0 Å². The summed E-state index contributed by atoms with van der Waals surface area (Å²) in [5.41, 5.74) is 0.642. The van der Waals surface area contributed by atoms with Gasteiger partial charge in [0.2, 0.25) is 17.7 Å². The van der Waals surface area contributed by atoms with Crippen LogP contribution in [0.15, 0.2) is 24.3 Å². The highest BCUT2D eigenvalue weighted by atomic mass is 32.2. The maximum absolute atomic E-state index is 14.2. The van der Waals surface area contributed by atoms with Crippen molar-refractivity contribution in [1.82, 2.24) is 10.2 Å². The van der Waals surface area contributed by atoms with E-state index in [1.807, 2.05) is 46.8 Å². The molecule has 0 radical (unpaired) electrons. The molecule has 1 spiro atoms. The maximum atomic E-state index is 14.2. The molecule has 9 heteroatoms. The van der Waals surface area contributed by atoms with Crippen molar-refractivity contribution in [3.63, 3.8) is 0 Å². The molecular weight excluding hydrogens is 490 g/mol. The predicted molar refractivity (Wildman–Crippen MR) is 145 cm³/mol. The second kappa shape index (κ2) is 10.5. The summed E-state index contributed by atoms with van der Waals surface area (Å²) in [6, 6.07) is 5.93. The molecule has 1 aromatic carbocycles. The van der Waals surface area contributed by atoms with Crippen molar-refractivity contribution in [2.75, 3.05) is 18.5 Å². The molecule has 4 rings (SSSR count). The van der Waals surface area contributed by atoms with Crippen molar-refractivity contribution in [1.29, 1.82) is 0 Å². The molecule has 3 N–H and O–H groups in total. The number of rotatable bonds is 10. The second-order valence-corrected chi connectivity index (χ2v) is 13.4. The predicted octanol–water partition coefficient (Wildman–Crippen LogP) is 3.44. The summed E-state index contributed by atoms with van der Waals surface area (Å²) in [6.45, 7) is 12.2. The highest BCUT2D eigenvalue weighted by molar-refractivity contribution is 8.02. The van der Waals surface area contributed by atoms with Crippen molar-refractivity contribution in [3.8, 4) is 5.75 Å². The topological polar surface area (TPSA) is 108 Å². The van der Waals surface area contributed by atoms with Crippen molar-refractivity contribution >= 4 is 35.2 Å². The number of fused-ring (bicyclic) bond motifs is 1. The van der Waals surface area contributed by atoms with E-state index in [1.54, 1.807) is 28.8 Å². The minimum atomic E-state index is -0.724. The summed E-state index contributed by atoms with van der Waals surface area (Å²) in [5, 5.41) is 16.4. The van der Waals surface area contributed by atoms with E-state index in [4.69, 9.17) is 4.74 Å². The number of carbonyl (C=O) groups excluding carboxylic acids is 3. The Labute approximate surface area is 224 Å². The van der Waals surface area contributed by atoms with Gasteiger partial charge in [0.15, 0.2) is 0 Å². The molecule has 3 fully saturated rings. The molecule has 2 bridgehead atoms. The lowest BCUT2D eigenvalue weighted by Crippen LogP contribution is -2.57. The van der Waals surface area contributed by atoms with E-state index >= 15 is 0 Å². The minimum absolute atomic E-state index is 0.0875. The Balaban J connectivity index is 1.70. The van der Waals surface area contributed by atoms with Crippen LogP contribution in [0.2, 0.25) is 0 Å². The van der Waals surface area contributed by atoms with Gasteiger partial charge in [0.25, 0.3) is 0 Å². The number of amides is 3. The van der Waals surface area contributed by atoms with E-state index in [1.165, 1.54) is 0 Å². The van der Waals surface area contributed by atoms with Gasteiger partial charge in [-0.05, 0) is 77.1 Å². The number of aliphatic hydroxyl groups is 1. The Hall–Kier alpha value is -2.26. The Morgan fingerprint density at radius 3 is 2.41 bits per heavy atom. The van der Waals surface area contributed by atoms with Crippen LogP contribution in [-0.4, -0.2) is 68.6 Å². The van der Waals surface area contributed by atoms with Gasteiger partial charge in [-0.1, -0.05) is 13.8 Å². The van der Waals surface area contributed by atoms with E-state index in [2.05, 4.69) is 17.6 Å². The molecule has 3 aliphatic heterocycles. The van der Waals surface area contributed by atoms with E-state index < -0.39 is 33.4 Å². The zero-order valence-electron chi connectivity index (χ0n) is 22.7. The molecule has 3 amide bonds. The van der Waals surface area contributed by atoms with Gasteiger partial charge in [0.05, 0.1) is 35.8 Å². The van der Waals surface area contributed by atoms with Crippen LogP contribution in [0, 0.1) is 17.8 Å².